The van der Waals surface area contributed by atoms with Gasteiger partial charge >= 0.3 is 5.97 Å². The second-order valence-electron chi connectivity index (χ2n) is 7.92. The second-order valence-corrected chi connectivity index (χ2v) is 7.92. The van der Waals surface area contributed by atoms with Crippen LogP contribution in [0.1, 0.15) is 44.6 Å². The summed E-state index contributed by atoms with van der Waals surface area (Å²) in [6, 6.07) is 10.1. The van der Waals surface area contributed by atoms with Gasteiger partial charge in [-0.15, -0.1) is 12.4 Å². The highest BCUT2D eigenvalue weighted by molar-refractivity contribution is 5.85. The van der Waals surface area contributed by atoms with Crippen molar-refractivity contribution in [2.75, 3.05) is 26.2 Å². The SMILES string of the molecule is CC1(C)CCN(CCOC(=O)C(c2ccccc2)C2C=CCC2)C1.Cl. The molecule has 2 unspecified atom stereocenters. The lowest BCUT2D eigenvalue weighted by molar-refractivity contribution is -0.146. The van der Waals surface area contributed by atoms with Crippen LogP contribution in [-0.4, -0.2) is 37.1 Å². The molecule has 1 aromatic rings. The van der Waals surface area contributed by atoms with Crippen molar-refractivity contribution < 1.29 is 9.53 Å². The second kappa shape index (κ2) is 8.86. The molecular weight excluding hydrogens is 334 g/mol. The highest BCUT2D eigenvalue weighted by Crippen LogP contribution is 2.34. The summed E-state index contributed by atoms with van der Waals surface area (Å²) in [6.07, 6.45) is 7.68. The van der Waals surface area contributed by atoms with E-state index in [0.29, 0.717) is 12.0 Å². The van der Waals surface area contributed by atoms with Gasteiger partial charge in [0.05, 0.1) is 5.92 Å². The molecule has 1 fully saturated rings. The summed E-state index contributed by atoms with van der Waals surface area (Å²) < 4.78 is 5.69. The molecule has 0 amide bonds. The molecule has 0 N–H and O–H groups in total. The summed E-state index contributed by atoms with van der Waals surface area (Å²) in [5, 5.41) is 0. The number of carbonyl (C=O) groups is 1. The highest BCUT2D eigenvalue weighted by Gasteiger charge is 2.32. The molecule has 2 aliphatic rings. The van der Waals surface area contributed by atoms with E-state index in [1.807, 2.05) is 30.3 Å². The molecule has 3 nitrogen and oxygen atoms in total. The number of carbonyl (C=O) groups excluding carboxylic acids is 1. The first kappa shape index (κ1) is 20.0. The number of ether oxygens (including phenoxy) is 1. The average molecular weight is 364 g/mol. The number of nitrogens with zero attached hydrogens (tertiary/aromatic N) is 1. The Bertz CT molecular complexity index is 585. The third-order valence-electron chi connectivity index (χ3n) is 5.30. The van der Waals surface area contributed by atoms with Crippen molar-refractivity contribution in [3.05, 3.63) is 48.0 Å². The van der Waals surface area contributed by atoms with Crippen molar-refractivity contribution in [3.8, 4) is 0 Å². The Hall–Kier alpha value is -1.32. The van der Waals surface area contributed by atoms with E-state index in [1.54, 1.807) is 0 Å². The smallest absolute Gasteiger partial charge is 0.314 e. The summed E-state index contributed by atoms with van der Waals surface area (Å²) in [5.74, 6) is 0.0294. The van der Waals surface area contributed by atoms with Gasteiger partial charge in [-0.3, -0.25) is 9.69 Å². The lowest BCUT2D eigenvalue weighted by atomic mass is 9.85. The van der Waals surface area contributed by atoms with Gasteiger partial charge in [0.15, 0.2) is 0 Å². The monoisotopic (exact) mass is 363 g/mol. The highest BCUT2D eigenvalue weighted by atomic mass is 35.5. The predicted octanol–water partition coefficient (Wildman–Crippen LogP) is 4.43. The van der Waals surface area contributed by atoms with Crippen LogP contribution in [0.3, 0.4) is 0 Å². The molecular formula is C21H30ClNO2. The number of esters is 1. The molecule has 3 rings (SSSR count). The maximum absolute atomic E-state index is 12.8. The lowest BCUT2D eigenvalue weighted by Crippen LogP contribution is -2.29. The molecule has 1 saturated heterocycles. The van der Waals surface area contributed by atoms with E-state index < -0.39 is 0 Å². The van der Waals surface area contributed by atoms with E-state index in [2.05, 4.69) is 30.9 Å². The number of rotatable bonds is 6. The molecule has 0 saturated carbocycles. The molecule has 0 aromatic heterocycles. The Morgan fingerprint density at radius 3 is 2.68 bits per heavy atom. The van der Waals surface area contributed by atoms with Gasteiger partial charge in [-0.25, -0.2) is 0 Å². The zero-order valence-corrected chi connectivity index (χ0v) is 16.1. The third-order valence-corrected chi connectivity index (χ3v) is 5.30. The molecule has 138 valence electrons. The van der Waals surface area contributed by atoms with Crippen molar-refractivity contribution in [1.29, 1.82) is 0 Å². The molecule has 1 aromatic carbocycles. The van der Waals surface area contributed by atoms with Gasteiger partial charge in [-0.2, -0.15) is 0 Å². The maximum Gasteiger partial charge on any atom is 0.314 e. The van der Waals surface area contributed by atoms with E-state index >= 15 is 0 Å². The largest absolute Gasteiger partial charge is 0.464 e. The van der Waals surface area contributed by atoms with Crippen LogP contribution in [0.25, 0.3) is 0 Å². The average Bonchev–Trinajstić information content (AvgIpc) is 3.19. The lowest BCUT2D eigenvalue weighted by Gasteiger charge is -2.23. The van der Waals surface area contributed by atoms with Gasteiger partial charge in [0.1, 0.15) is 6.61 Å². The molecule has 4 heteroatoms. The third kappa shape index (κ3) is 5.32. The maximum atomic E-state index is 12.8. The van der Waals surface area contributed by atoms with Crippen molar-refractivity contribution >= 4 is 18.4 Å². The van der Waals surface area contributed by atoms with Gasteiger partial charge in [0, 0.05) is 13.1 Å². The first-order valence-electron chi connectivity index (χ1n) is 9.16. The van der Waals surface area contributed by atoms with Crippen LogP contribution >= 0.6 is 12.4 Å². The topological polar surface area (TPSA) is 29.5 Å². The fourth-order valence-corrected chi connectivity index (χ4v) is 3.93. The van der Waals surface area contributed by atoms with Crippen LogP contribution in [-0.2, 0) is 9.53 Å². The Morgan fingerprint density at radius 2 is 2.08 bits per heavy atom. The van der Waals surface area contributed by atoms with Gasteiger partial charge in [0.25, 0.3) is 0 Å². The zero-order chi connectivity index (χ0) is 17.0. The van der Waals surface area contributed by atoms with Crippen molar-refractivity contribution in [1.82, 2.24) is 4.90 Å². The number of benzene rings is 1. The normalized spacial score (nSPS) is 23.2. The van der Waals surface area contributed by atoms with E-state index in [9.17, 15) is 4.79 Å². The summed E-state index contributed by atoms with van der Waals surface area (Å²) in [7, 11) is 0. The van der Waals surface area contributed by atoms with Crippen LogP contribution in [0, 0.1) is 11.3 Å². The molecule has 0 spiro atoms. The Balaban J connectivity index is 0.00000225. The van der Waals surface area contributed by atoms with Crippen molar-refractivity contribution in [3.63, 3.8) is 0 Å². The number of hydrogen-bond donors (Lipinski definition) is 0. The van der Waals surface area contributed by atoms with Gasteiger partial charge in [0.2, 0.25) is 0 Å². The fraction of sp³-hybridized carbons (Fsp3) is 0.571. The molecule has 2 atom stereocenters. The van der Waals surface area contributed by atoms with Crippen molar-refractivity contribution in [2.24, 2.45) is 11.3 Å². The Kier molecular flexibility index (Phi) is 7.09. The molecule has 25 heavy (non-hydrogen) atoms. The van der Waals surface area contributed by atoms with Crippen LogP contribution in [0.5, 0.6) is 0 Å². The Labute approximate surface area is 157 Å². The van der Waals surface area contributed by atoms with E-state index in [0.717, 1.165) is 38.0 Å². The van der Waals surface area contributed by atoms with Crippen LogP contribution < -0.4 is 0 Å². The van der Waals surface area contributed by atoms with Gasteiger partial charge < -0.3 is 4.74 Å². The van der Waals surface area contributed by atoms with E-state index in [4.69, 9.17) is 4.74 Å². The van der Waals surface area contributed by atoms with Crippen molar-refractivity contribution in [2.45, 2.75) is 39.0 Å². The van der Waals surface area contributed by atoms with Crippen LogP contribution in [0.2, 0.25) is 0 Å². The summed E-state index contributed by atoms with van der Waals surface area (Å²) in [4.78, 5) is 15.2. The van der Waals surface area contributed by atoms with E-state index in [1.165, 1.54) is 6.42 Å². The number of allylic oxidation sites excluding steroid dienone is 2. The predicted molar refractivity (Wildman–Crippen MR) is 104 cm³/mol. The summed E-state index contributed by atoms with van der Waals surface area (Å²) in [6.45, 7) is 8.15. The number of hydrogen-bond acceptors (Lipinski definition) is 3. The van der Waals surface area contributed by atoms with Gasteiger partial charge in [-0.1, -0.05) is 56.3 Å². The minimum Gasteiger partial charge on any atom is -0.464 e. The quantitative estimate of drug-likeness (QED) is 0.553. The minimum absolute atomic E-state index is 0. The zero-order valence-electron chi connectivity index (χ0n) is 15.3. The standard InChI is InChI=1S/C21H29NO2.ClH/c1-21(2)12-13-22(16-21)14-15-24-20(23)19(18-10-6-7-11-18)17-8-4-3-5-9-17;/h3-6,8-10,18-19H,7,11-16H2,1-2H3;1H. The molecule has 0 radical (unpaired) electrons. The first-order valence-corrected chi connectivity index (χ1v) is 9.16. The fourth-order valence-electron chi connectivity index (χ4n) is 3.93. The summed E-state index contributed by atoms with van der Waals surface area (Å²) in [5.41, 5.74) is 1.46. The molecule has 1 heterocycles. The molecule has 1 aliphatic heterocycles. The van der Waals surface area contributed by atoms with Gasteiger partial charge in [-0.05, 0) is 42.7 Å². The summed E-state index contributed by atoms with van der Waals surface area (Å²) >= 11 is 0. The van der Waals surface area contributed by atoms with Crippen LogP contribution in [0.15, 0.2) is 42.5 Å². The molecule has 0 bridgehead atoms. The number of halogens is 1. The van der Waals surface area contributed by atoms with Crippen LogP contribution in [0.4, 0.5) is 0 Å². The first-order chi connectivity index (χ1) is 11.6. The Morgan fingerprint density at radius 1 is 1.32 bits per heavy atom. The molecule has 1 aliphatic carbocycles. The van der Waals surface area contributed by atoms with E-state index in [-0.39, 0.29) is 30.2 Å². The minimum atomic E-state index is -0.167. The number of likely N-dealkylation sites (tertiary alicyclic amines) is 1.